The van der Waals surface area contributed by atoms with E-state index in [-0.39, 0.29) is 11.6 Å². The average molecular weight is 233 g/mol. The first-order valence-electron chi connectivity index (χ1n) is 4.67. The Balaban J connectivity index is 3.15. The molecule has 3 nitrogen and oxygen atoms in total. The van der Waals surface area contributed by atoms with E-state index in [0.29, 0.717) is 17.9 Å². The third kappa shape index (κ3) is 2.81. The van der Waals surface area contributed by atoms with Crippen molar-refractivity contribution in [1.29, 1.82) is 0 Å². The van der Waals surface area contributed by atoms with Crippen LogP contribution in [0.4, 0.5) is 4.39 Å². The summed E-state index contributed by atoms with van der Waals surface area (Å²) in [5, 5.41) is 0.0198. The molecule has 1 atom stereocenters. The van der Waals surface area contributed by atoms with Crippen LogP contribution >= 0.6 is 11.6 Å². The van der Waals surface area contributed by atoms with Crippen LogP contribution < -0.4 is 16.2 Å². The van der Waals surface area contributed by atoms with Gasteiger partial charge in [-0.15, -0.1) is 0 Å². The normalized spacial score (nSPS) is 12.6. The Hall–Kier alpha value is -0.840. The van der Waals surface area contributed by atoms with Gasteiger partial charge >= 0.3 is 0 Å². The van der Waals surface area contributed by atoms with Crippen LogP contribution in [0.15, 0.2) is 12.1 Å². The molecule has 0 heterocycles. The van der Waals surface area contributed by atoms with Crippen LogP contribution in [-0.2, 0) is 0 Å². The van der Waals surface area contributed by atoms with E-state index in [2.05, 4.69) is 0 Å². The van der Waals surface area contributed by atoms with Crippen LogP contribution in [0.2, 0.25) is 5.02 Å². The van der Waals surface area contributed by atoms with Crippen molar-refractivity contribution in [2.75, 3.05) is 13.2 Å². The number of benzene rings is 1. The second kappa shape index (κ2) is 5.30. The SMILES string of the molecule is CCOc1cc(Cl)c(F)cc1C(N)CN. The van der Waals surface area contributed by atoms with Crippen molar-refractivity contribution >= 4 is 11.6 Å². The Bertz CT molecular complexity index is 346. The predicted octanol–water partition coefficient (Wildman–Crippen LogP) is 1.84. The molecule has 0 fully saturated rings. The average Bonchev–Trinajstić information content (AvgIpc) is 2.22. The van der Waals surface area contributed by atoms with E-state index in [1.807, 2.05) is 6.92 Å². The number of rotatable bonds is 4. The Labute approximate surface area is 93.2 Å². The molecule has 1 rings (SSSR count). The zero-order chi connectivity index (χ0) is 11.4. The molecular formula is C10H14ClFN2O. The van der Waals surface area contributed by atoms with E-state index in [1.54, 1.807) is 0 Å². The molecule has 0 spiro atoms. The number of ether oxygens (including phenoxy) is 1. The smallest absolute Gasteiger partial charge is 0.142 e. The van der Waals surface area contributed by atoms with Crippen molar-refractivity contribution in [2.45, 2.75) is 13.0 Å². The molecule has 0 bridgehead atoms. The van der Waals surface area contributed by atoms with Gasteiger partial charge in [-0.25, -0.2) is 4.39 Å². The summed E-state index contributed by atoms with van der Waals surface area (Å²) in [6.07, 6.45) is 0. The topological polar surface area (TPSA) is 61.3 Å². The van der Waals surface area contributed by atoms with Crippen LogP contribution in [0.3, 0.4) is 0 Å². The van der Waals surface area contributed by atoms with E-state index in [9.17, 15) is 4.39 Å². The minimum atomic E-state index is -0.515. The number of nitrogens with two attached hydrogens (primary N) is 2. The highest BCUT2D eigenvalue weighted by atomic mass is 35.5. The first-order valence-corrected chi connectivity index (χ1v) is 5.05. The standard InChI is InChI=1S/C10H14ClFN2O/c1-2-15-10-4-7(11)8(12)3-6(10)9(14)5-13/h3-4,9H,2,5,13-14H2,1H3. The second-order valence-electron chi connectivity index (χ2n) is 3.08. The molecule has 0 saturated heterocycles. The van der Waals surface area contributed by atoms with Crippen molar-refractivity contribution in [3.8, 4) is 5.75 Å². The highest BCUT2D eigenvalue weighted by Crippen LogP contribution is 2.29. The van der Waals surface area contributed by atoms with Crippen molar-refractivity contribution in [3.05, 3.63) is 28.5 Å². The van der Waals surface area contributed by atoms with Gasteiger partial charge in [-0.05, 0) is 13.0 Å². The van der Waals surface area contributed by atoms with Gasteiger partial charge in [-0.1, -0.05) is 11.6 Å². The lowest BCUT2D eigenvalue weighted by Gasteiger charge is -2.15. The molecule has 1 aromatic rings. The Kier molecular flexibility index (Phi) is 4.32. The fourth-order valence-electron chi connectivity index (χ4n) is 1.24. The molecule has 0 saturated carbocycles. The number of hydrogen-bond donors (Lipinski definition) is 2. The molecule has 4 N–H and O–H groups in total. The molecule has 15 heavy (non-hydrogen) atoms. The summed E-state index contributed by atoms with van der Waals surface area (Å²) in [7, 11) is 0. The monoisotopic (exact) mass is 232 g/mol. The summed E-state index contributed by atoms with van der Waals surface area (Å²) in [5.41, 5.74) is 11.7. The third-order valence-electron chi connectivity index (χ3n) is 2.01. The lowest BCUT2D eigenvalue weighted by Crippen LogP contribution is -2.21. The molecule has 0 amide bonds. The maximum atomic E-state index is 13.2. The number of halogens is 2. The van der Waals surface area contributed by atoms with E-state index < -0.39 is 11.9 Å². The van der Waals surface area contributed by atoms with Crippen molar-refractivity contribution in [1.82, 2.24) is 0 Å². The summed E-state index contributed by atoms with van der Waals surface area (Å²) in [6.45, 7) is 2.52. The minimum Gasteiger partial charge on any atom is -0.493 e. The Morgan fingerprint density at radius 1 is 1.53 bits per heavy atom. The summed E-state index contributed by atoms with van der Waals surface area (Å²) in [4.78, 5) is 0. The molecule has 0 aromatic heterocycles. The number of hydrogen-bond acceptors (Lipinski definition) is 3. The van der Waals surface area contributed by atoms with Crippen molar-refractivity contribution < 1.29 is 9.13 Å². The third-order valence-corrected chi connectivity index (χ3v) is 2.30. The van der Waals surface area contributed by atoms with Gasteiger partial charge in [0.2, 0.25) is 0 Å². The largest absolute Gasteiger partial charge is 0.493 e. The molecule has 84 valence electrons. The fraction of sp³-hybridized carbons (Fsp3) is 0.400. The summed E-state index contributed by atoms with van der Waals surface area (Å²) in [5.74, 6) is -0.0270. The highest BCUT2D eigenvalue weighted by Gasteiger charge is 2.14. The molecule has 1 unspecified atom stereocenters. The summed E-state index contributed by atoms with van der Waals surface area (Å²) in [6, 6.07) is 2.24. The molecule has 0 aliphatic heterocycles. The van der Waals surface area contributed by atoms with E-state index in [4.69, 9.17) is 27.8 Å². The quantitative estimate of drug-likeness (QED) is 0.833. The Morgan fingerprint density at radius 2 is 2.20 bits per heavy atom. The molecule has 1 aromatic carbocycles. The van der Waals surface area contributed by atoms with Gasteiger partial charge in [-0.3, -0.25) is 0 Å². The molecule has 0 radical (unpaired) electrons. The first kappa shape index (κ1) is 12.2. The highest BCUT2D eigenvalue weighted by molar-refractivity contribution is 6.30. The first-order chi connectivity index (χ1) is 7.10. The molecule has 5 heteroatoms. The Morgan fingerprint density at radius 3 is 2.73 bits per heavy atom. The molecule has 0 aliphatic carbocycles. The van der Waals surface area contributed by atoms with Gasteiger partial charge in [0, 0.05) is 24.2 Å². The van der Waals surface area contributed by atoms with Crippen molar-refractivity contribution in [3.63, 3.8) is 0 Å². The molecule has 0 aliphatic rings. The molecular weight excluding hydrogens is 219 g/mol. The van der Waals surface area contributed by atoms with Crippen molar-refractivity contribution in [2.24, 2.45) is 11.5 Å². The lowest BCUT2D eigenvalue weighted by atomic mass is 10.1. The summed E-state index contributed by atoms with van der Waals surface area (Å²) < 4.78 is 18.5. The predicted molar refractivity (Wildman–Crippen MR) is 58.6 cm³/mol. The van der Waals surface area contributed by atoms with Gasteiger partial charge in [0.05, 0.1) is 11.6 Å². The van der Waals surface area contributed by atoms with Crippen LogP contribution in [0.5, 0.6) is 5.75 Å². The van der Waals surface area contributed by atoms with Crippen LogP contribution in [-0.4, -0.2) is 13.2 Å². The minimum absolute atomic E-state index is 0.0198. The zero-order valence-electron chi connectivity index (χ0n) is 8.47. The van der Waals surface area contributed by atoms with Gasteiger partial charge in [-0.2, -0.15) is 0 Å². The van der Waals surface area contributed by atoms with Gasteiger partial charge in [0.25, 0.3) is 0 Å². The van der Waals surface area contributed by atoms with Crippen LogP contribution in [0, 0.1) is 5.82 Å². The maximum absolute atomic E-state index is 13.2. The van der Waals surface area contributed by atoms with E-state index in [0.717, 1.165) is 0 Å². The maximum Gasteiger partial charge on any atom is 0.142 e. The van der Waals surface area contributed by atoms with Crippen LogP contribution in [0.1, 0.15) is 18.5 Å². The van der Waals surface area contributed by atoms with Gasteiger partial charge in [0.1, 0.15) is 11.6 Å². The summed E-state index contributed by atoms with van der Waals surface area (Å²) >= 11 is 5.64. The van der Waals surface area contributed by atoms with Crippen LogP contribution in [0.25, 0.3) is 0 Å². The zero-order valence-corrected chi connectivity index (χ0v) is 9.22. The van der Waals surface area contributed by atoms with E-state index >= 15 is 0 Å². The second-order valence-corrected chi connectivity index (χ2v) is 3.49. The lowest BCUT2D eigenvalue weighted by molar-refractivity contribution is 0.333. The van der Waals surface area contributed by atoms with Gasteiger partial charge in [0.15, 0.2) is 0 Å². The van der Waals surface area contributed by atoms with Gasteiger partial charge < -0.3 is 16.2 Å². The van der Waals surface area contributed by atoms with E-state index in [1.165, 1.54) is 12.1 Å². The fourth-order valence-corrected chi connectivity index (χ4v) is 1.39.